The summed E-state index contributed by atoms with van der Waals surface area (Å²) in [5.41, 5.74) is 2.07. The van der Waals surface area contributed by atoms with Crippen molar-refractivity contribution in [3.63, 3.8) is 0 Å². The van der Waals surface area contributed by atoms with E-state index >= 15 is 0 Å². The fourth-order valence-electron chi connectivity index (χ4n) is 3.28. The molecule has 0 unspecified atom stereocenters. The fourth-order valence-corrected chi connectivity index (χ4v) is 3.28. The minimum absolute atomic E-state index is 0.0172. The van der Waals surface area contributed by atoms with Gasteiger partial charge in [-0.05, 0) is 57.6 Å². The Bertz CT molecular complexity index is 698. The molecule has 1 fully saturated rings. The number of piperidine rings is 1. The van der Waals surface area contributed by atoms with Crippen LogP contribution in [-0.2, 0) is 0 Å². The third-order valence-corrected chi connectivity index (χ3v) is 4.89. The molecule has 0 saturated carbocycles. The van der Waals surface area contributed by atoms with Gasteiger partial charge in [-0.25, -0.2) is 9.48 Å². The molecule has 0 bridgehead atoms. The van der Waals surface area contributed by atoms with Crippen molar-refractivity contribution in [3.05, 3.63) is 48.3 Å². The number of amides is 2. The number of urea groups is 1. The van der Waals surface area contributed by atoms with E-state index in [0.717, 1.165) is 37.2 Å². The van der Waals surface area contributed by atoms with Crippen LogP contribution in [0.1, 0.15) is 31.4 Å². The highest BCUT2D eigenvalue weighted by molar-refractivity contribution is 5.75. The second-order valence-electron chi connectivity index (χ2n) is 6.92. The van der Waals surface area contributed by atoms with Crippen molar-refractivity contribution in [2.75, 3.05) is 27.2 Å². The predicted octanol–water partition coefficient (Wildman–Crippen LogP) is 2.67. The van der Waals surface area contributed by atoms with Crippen LogP contribution in [0, 0.1) is 0 Å². The van der Waals surface area contributed by atoms with Gasteiger partial charge in [0.2, 0.25) is 0 Å². The van der Waals surface area contributed by atoms with Gasteiger partial charge in [0.05, 0.1) is 11.7 Å². The van der Waals surface area contributed by atoms with Gasteiger partial charge in [-0.15, -0.1) is 0 Å². The van der Waals surface area contributed by atoms with Gasteiger partial charge in [-0.3, -0.25) is 0 Å². The molecule has 2 heterocycles. The molecule has 2 atom stereocenters. The molecule has 25 heavy (non-hydrogen) atoms. The minimum atomic E-state index is -0.0530. The molecular formula is C19H27N5O. The first-order valence-corrected chi connectivity index (χ1v) is 8.86. The van der Waals surface area contributed by atoms with Crippen LogP contribution in [0.4, 0.5) is 4.79 Å². The zero-order valence-electron chi connectivity index (χ0n) is 15.2. The van der Waals surface area contributed by atoms with Crippen LogP contribution in [0.15, 0.2) is 42.7 Å². The lowest BCUT2D eigenvalue weighted by molar-refractivity contribution is 0.138. The summed E-state index contributed by atoms with van der Waals surface area (Å²) in [7, 11) is 4.16. The monoisotopic (exact) mass is 341 g/mol. The molecule has 1 aliphatic rings. The minimum Gasteiger partial charge on any atom is -0.331 e. The lowest BCUT2D eigenvalue weighted by atomic mass is 10.0. The Morgan fingerprint density at radius 2 is 2.20 bits per heavy atom. The number of likely N-dealkylation sites (N-methyl/N-ethyl adjacent to an activating group) is 1. The number of carbonyl (C=O) groups excluding carboxylic acids is 1. The smallest absolute Gasteiger partial charge is 0.317 e. The van der Waals surface area contributed by atoms with Crippen molar-refractivity contribution in [3.8, 4) is 5.69 Å². The van der Waals surface area contributed by atoms with E-state index < -0.39 is 0 Å². The fraction of sp³-hybridized carbons (Fsp3) is 0.474. The Kier molecular flexibility index (Phi) is 5.38. The van der Waals surface area contributed by atoms with Crippen molar-refractivity contribution >= 4 is 6.03 Å². The van der Waals surface area contributed by atoms with Gasteiger partial charge in [-0.1, -0.05) is 12.1 Å². The van der Waals surface area contributed by atoms with E-state index in [9.17, 15) is 4.79 Å². The number of nitrogens with one attached hydrogen (secondary N) is 1. The highest BCUT2D eigenvalue weighted by Crippen LogP contribution is 2.18. The quantitative estimate of drug-likeness (QED) is 0.930. The van der Waals surface area contributed by atoms with E-state index in [-0.39, 0.29) is 12.1 Å². The highest BCUT2D eigenvalue weighted by Gasteiger charge is 2.25. The van der Waals surface area contributed by atoms with Crippen molar-refractivity contribution in [2.45, 2.75) is 31.8 Å². The van der Waals surface area contributed by atoms with Gasteiger partial charge in [-0.2, -0.15) is 5.10 Å². The Morgan fingerprint density at radius 3 is 2.92 bits per heavy atom. The Morgan fingerprint density at radius 1 is 1.36 bits per heavy atom. The van der Waals surface area contributed by atoms with Gasteiger partial charge in [0.15, 0.2) is 0 Å². The van der Waals surface area contributed by atoms with Gasteiger partial charge >= 0.3 is 6.03 Å². The third-order valence-electron chi connectivity index (χ3n) is 4.89. The summed E-state index contributed by atoms with van der Waals surface area (Å²) in [5, 5.41) is 7.40. The second-order valence-corrected chi connectivity index (χ2v) is 6.92. The van der Waals surface area contributed by atoms with E-state index in [1.54, 1.807) is 6.20 Å². The van der Waals surface area contributed by atoms with Crippen LogP contribution in [0.5, 0.6) is 0 Å². The molecule has 1 aromatic carbocycles. The van der Waals surface area contributed by atoms with Crippen LogP contribution < -0.4 is 5.32 Å². The topological polar surface area (TPSA) is 53.4 Å². The number of rotatable bonds is 4. The molecule has 0 radical (unpaired) electrons. The lowest BCUT2D eigenvalue weighted by Crippen LogP contribution is -2.51. The van der Waals surface area contributed by atoms with Crippen LogP contribution in [0.3, 0.4) is 0 Å². The van der Waals surface area contributed by atoms with Gasteiger partial charge in [0.25, 0.3) is 0 Å². The molecule has 0 spiro atoms. The van der Waals surface area contributed by atoms with E-state index in [0.29, 0.717) is 6.04 Å². The third kappa shape index (κ3) is 4.20. The summed E-state index contributed by atoms with van der Waals surface area (Å²) in [5.74, 6) is 0. The number of aromatic nitrogens is 2. The van der Waals surface area contributed by atoms with Crippen LogP contribution in [0.2, 0.25) is 0 Å². The molecule has 1 saturated heterocycles. The van der Waals surface area contributed by atoms with Gasteiger partial charge in [0.1, 0.15) is 0 Å². The van der Waals surface area contributed by atoms with Gasteiger partial charge < -0.3 is 15.1 Å². The van der Waals surface area contributed by atoms with Gasteiger partial charge in [0, 0.05) is 31.5 Å². The average molecular weight is 341 g/mol. The summed E-state index contributed by atoms with van der Waals surface area (Å²) in [4.78, 5) is 16.8. The van der Waals surface area contributed by atoms with Crippen LogP contribution >= 0.6 is 0 Å². The average Bonchev–Trinajstić information content (AvgIpc) is 3.16. The molecule has 134 valence electrons. The first kappa shape index (κ1) is 17.5. The predicted molar refractivity (Wildman–Crippen MR) is 98.8 cm³/mol. The van der Waals surface area contributed by atoms with E-state index in [2.05, 4.69) is 35.5 Å². The number of likely N-dealkylation sites (tertiary alicyclic amines) is 1. The van der Waals surface area contributed by atoms with E-state index in [1.165, 1.54) is 0 Å². The summed E-state index contributed by atoms with van der Waals surface area (Å²) >= 11 is 0. The summed E-state index contributed by atoms with van der Waals surface area (Å²) in [6.45, 7) is 3.64. The summed E-state index contributed by atoms with van der Waals surface area (Å²) < 4.78 is 1.82. The maximum atomic E-state index is 12.6. The lowest BCUT2D eigenvalue weighted by Gasteiger charge is -2.36. The molecule has 2 aromatic rings. The van der Waals surface area contributed by atoms with Crippen LogP contribution in [-0.4, -0.2) is 58.8 Å². The molecule has 1 N–H and O–H groups in total. The van der Waals surface area contributed by atoms with Crippen LogP contribution in [0.25, 0.3) is 5.69 Å². The first-order valence-electron chi connectivity index (χ1n) is 8.86. The van der Waals surface area contributed by atoms with E-state index in [4.69, 9.17) is 0 Å². The number of nitrogens with zero attached hydrogens (tertiary/aromatic N) is 4. The first-order chi connectivity index (χ1) is 12.0. The molecule has 6 heteroatoms. The second kappa shape index (κ2) is 7.70. The molecule has 0 aliphatic carbocycles. The number of hydrogen-bond acceptors (Lipinski definition) is 3. The Hall–Kier alpha value is -2.34. The summed E-state index contributed by atoms with van der Waals surface area (Å²) in [6.07, 6.45) is 5.88. The largest absolute Gasteiger partial charge is 0.331 e. The Labute approximate surface area is 149 Å². The molecule has 6 nitrogen and oxygen atoms in total. The normalized spacial score (nSPS) is 19.0. The maximum Gasteiger partial charge on any atom is 0.317 e. The maximum absolute atomic E-state index is 12.6. The molecule has 1 aliphatic heterocycles. The summed E-state index contributed by atoms with van der Waals surface area (Å²) in [6, 6.07) is 10.4. The molecule has 3 rings (SSSR count). The number of carbonyl (C=O) groups is 1. The van der Waals surface area contributed by atoms with Crippen molar-refractivity contribution in [1.29, 1.82) is 0 Å². The SMILES string of the molecule is C[C@@H](NC(=O)N1CCC[C@H](N(C)C)C1)c1cccc(-n2cccn2)c1. The zero-order valence-corrected chi connectivity index (χ0v) is 15.2. The van der Waals surface area contributed by atoms with Crippen molar-refractivity contribution < 1.29 is 4.79 Å². The zero-order chi connectivity index (χ0) is 17.8. The van der Waals surface area contributed by atoms with Crippen molar-refractivity contribution in [1.82, 2.24) is 24.9 Å². The molecular weight excluding hydrogens is 314 g/mol. The molecule has 1 aromatic heterocycles. The molecule has 2 amide bonds. The highest BCUT2D eigenvalue weighted by atomic mass is 16.2. The van der Waals surface area contributed by atoms with E-state index in [1.807, 2.05) is 47.0 Å². The standard InChI is InChI=1S/C19H27N5O/c1-15(16-7-4-8-17(13-16)24-12-6-10-20-24)21-19(25)23-11-5-9-18(14-23)22(2)3/h4,6-8,10,12-13,15,18H,5,9,11,14H2,1-3H3,(H,21,25)/t15-,18+/m1/s1. The number of benzene rings is 1. The number of hydrogen-bond donors (Lipinski definition) is 1. The van der Waals surface area contributed by atoms with Crippen molar-refractivity contribution in [2.24, 2.45) is 0 Å². The Balaban J connectivity index is 1.64.